The first-order valence-corrected chi connectivity index (χ1v) is 34.1. The van der Waals surface area contributed by atoms with Crippen molar-refractivity contribution in [2.75, 3.05) is 77.9 Å². The van der Waals surface area contributed by atoms with Crippen LogP contribution in [-0.2, 0) is 81.4 Å². The number of aromatic hydroxyl groups is 2. The average Bonchev–Trinajstić information content (AvgIpc) is 0.995. The van der Waals surface area contributed by atoms with E-state index in [1.165, 1.54) is 56.3 Å². The number of methoxy groups -OCH3 is 2. The molecule has 102 heavy (non-hydrogen) atoms. The van der Waals surface area contributed by atoms with Crippen LogP contribution in [0.3, 0.4) is 0 Å². The second-order valence-electron chi connectivity index (χ2n) is 27.0. The highest BCUT2D eigenvalue weighted by molar-refractivity contribution is 6.31. The molecule has 2 aliphatic carbocycles. The molecule has 0 radical (unpaired) electrons. The van der Waals surface area contributed by atoms with Crippen molar-refractivity contribution in [2.45, 2.75) is 153 Å². The Morgan fingerprint density at radius 1 is 0.833 bits per heavy atom. The van der Waals surface area contributed by atoms with E-state index in [0.29, 0.717) is 49.4 Å². The Bertz CT molecular complexity index is 3890. The number of morpholine rings is 1. The van der Waals surface area contributed by atoms with E-state index in [1.54, 1.807) is 76.2 Å². The maximum atomic E-state index is 14.4. The second-order valence-corrected chi connectivity index (χ2v) is 27.0. The fraction of sp³-hybridized carbons (Fsp3) is 0.514. The van der Waals surface area contributed by atoms with Gasteiger partial charge in [0.1, 0.15) is 35.6 Å². The van der Waals surface area contributed by atoms with Crippen LogP contribution in [-0.4, -0.2) is 211 Å². The van der Waals surface area contributed by atoms with Crippen molar-refractivity contribution in [3.63, 3.8) is 0 Å². The Balaban J connectivity index is 0.711. The van der Waals surface area contributed by atoms with Gasteiger partial charge < -0.3 is 84.7 Å². The van der Waals surface area contributed by atoms with Crippen molar-refractivity contribution in [3.8, 4) is 17.2 Å². The highest BCUT2D eigenvalue weighted by Crippen LogP contribution is 2.53. The van der Waals surface area contributed by atoms with Crippen LogP contribution in [0.2, 0.25) is 0 Å². The maximum absolute atomic E-state index is 14.4. The van der Waals surface area contributed by atoms with Gasteiger partial charge in [0, 0.05) is 126 Å². The summed E-state index contributed by atoms with van der Waals surface area (Å²) in [6, 6.07) is 15.8. The molecule has 4 aliphatic heterocycles. The number of likely N-dealkylation sites (N-methyl/N-ethyl adjacent to an activating group) is 2. The summed E-state index contributed by atoms with van der Waals surface area (Å²) in [7, 11) is 5.59. The molecule has 4 aromatic carbocycles. The smallest absolute Gasteiger partial charge is 0.409 e. The van der Waals surface area contributed by atoms with Crippen molar-refractivity contribution in [1.82, 2.24) is 25.3 Å². The first kappa shape index (κ1) is 75.2. The molecule has 10 rings (SSSR count). The molecule has 0 bridgehead atoms. The Kier molecular flexibility index (Phi) is 23.8. The summed E-state index contributed by atoms with van der Waals surface area (Å²) in [5, 5.41) is 44.9. The lowest BCUT2D eigenvalue weighted by molar-refractivity contribution is -0.256. The highest BCUT2D eigenvalue weighted by atomic mass is 16.7. The van der Waals surface area contributed by atoms with E-state index >= 15 is 0 Å². The summed E-state index contributed by atoms with van der Waals surface area (Å²) in [6.07, 6.45) is -6.32. The van der Waals surface area contributed by atoms with Crippen molar-refractivity contribution >= 4 is 76.4 Å². The maximum Gasteiger partial charge on any atom is 0.409 e. The third-order valence-corrected chi connectivity index (χ3v) is 19.6. The number of carbonyl (C=O) groups is 11. The number of benzene rings is 4. The zero-order chi connectivity index (χ0) is 73.6. The van der Waals surface area contributed by atoms with Crippen LogP contribution in [0.5, 0.6) is 17.2 Å². The number of aryl methyl sites for hydroxylation is 1. The number of nitrogens with two attached hydrogens (primary N) is 1. The average molecular weight is 1420 g/mol. The normalized spacial score (nSPS) is 23.4. The Labute approximate surface area is 588 Å². The number of nitrogens with zero attached hydrogens (tertiary/aromatic N) is 4. The Hall–Kier alpha value is -9.43. The van der Waals surface area contributed by atoms with Gasteiger partial charge in [0.15, 0.2) is 37.0 Å². The number of anilines is 2. The van der Waals surface area contributed by atoms with Crippen LogP contribution in [0.25, 0.3) is 0 Å². The molecule has 0 spiro atoms. The van der Waals surface area contributed by atoms with Crippen molar-refractivity contribution in [2.24, 2.45) is 23.5 Å². The lowest BCUT2D eigenvalue weighted by Crippen LogP contribution is -2.55. The van der Waals surface area contributed by atoms with Gasteiger partial charge in [-0.25, -0.2) is 14.4 Å². The SMILES string of the molecule is COc1cccc2c1C(=O)c1c(O)c3c(c(O)c1C2=O)C[C@@](O)(C(=O)COC(=O)N(C)CCN(C)C(=O)OCc1ccc(NC(=O)[C@H](CCCNC(N)=O)CC(=O)[C@@H](NC(=O)CCCc2ccc(N4C(=O)CC(C)C4=O)cc2)C(C)C)cc1)C[C@@H]3O[C@H]1C[C@H]2[C@H](O[C@@H]3[C@@H](OC)OCCN32)[C@H](C)O1. The molecule has 548 valence electrons. The number of aliphatic hydroxyl groups is 1. The first-order chi connectivity index (χ1) is 48.6. The second kappa shape index (κ2) is 32.3. The number of phenols is 2. The lowest BCUT2D eigenvalue weighted by Gasteiger charge is -2.43. The number of nitrogens with one attached hydrogen (secondary N) is 3. The number of primary amides is 1. The molecule has 4 aromatic rings. The third kappa shape index (κ3) is 16.4. The summed E-state index contributed by atoms with van der Waals surface area (Å²) < 4.78 is 47.0. The summed E-state index contributed by atoms with van der Waals surface area (Å²) >= 11 is 0. The summed E-state index contributed by atoms with van der Waals surface area (Å²) in [4.78, 5) is 153. The molecule has 30 heteroatoms. The monoisotopic (exact) mass is 1420 g/mol. The van der Waals surface area contributed by atoms with Crippen LogP contribution in [0, 0.1) is 17.8 Å². The van der Waals surface area contributed by atoms with Crippen LogP contribution in [0.4, 0.5) is 25.8 Å². The fourth-order valence-electron chi connectivity index (χ4n) is 14.0. The van der Waals surface area contributed by atoms with E-state index in [9.17, 15) is 68.1 Å². The van der Waals surface area contributed by atoms with Gasteiger partial charge in [0.25, 0.3) is 0 Å². The lowest BCUT2D eigenvalue weighted by atomic mass is 9.72. The molecule has 30 nitrogen and oxygen atoms in total. The molecule has 1 unspecified atom stereocenters. The van der Waals surface area contributed by atoms with Crippen LogP contribution < -0.4 is 31.3 Å². The number of rotatable bonds is 28. The van der Waals surface area contributed by atoms with E-state index in [0.717, 1.165) is 10.5 Å². The number of hydrogen-bond acceptors (Lipinski definition) is 23. The number of amides is 8. The molecular weight excluding hydrogens is 1330 g/mol. The topological polar surface area (TPSA) is 397 Å². The van der Waals surface area contributed by atoms with E-state index < -0.39 is 138 Å². The van der Waals surface area contributed by atoms with Gasteiger partial charge in [-0.1, -0.05) is 57.2 Å². The Morgan fingerprint density at radius 3 is 2.18 bits per heavy atom. The summed E-state index contributed by atoms with van der Waals surface area (Å²) in [5.41, 5.74) is 3.27. The largest absolute Gasteiger partial charge is 0.507 e. The number of fused-ring (bicyclic) bond motifs is 6. The molecule has 4 heterocycles. The van der Waals surface area contributed by atoms with Gasteiger partial charge in [0.05, 0.1) is 54.3 Å². The molecule has 8 amide bonds. The van der Waals surface area contributed by atoms with Crippen molar-refractivity contribution < 1.29 is 106 Å². The number of Topliss-reactive ketones (excluding diaryl/α,β-unsaturated/α-hetero) is 2. The standard InChI is InChI=1S/C72H88N8O22/c1-37(2)59(76-52(83)16-9-12-40-19-23-44(24-20-40)80-53(84)30-38(3)66(80)90)48(81)31-42(13-11-25-74-69(73)91)65(89)75-43-21-17-41(18-22-43)35-98-70(92)77(5)26-27-78(6)71(93)99-36-51(82)72(94)33-46-56(63(88)58-57(61(46)86)60(85)45-14-10-15-49(95-7)55(45)62(58)87)50(34-72)101-54-32-47-64(39(4)100-54)102-67-68(96-8)97-29-28-79(47)67/h10,14-15,17-24,37-39,42,47,50,54,59,64,67-68,86,88,94H,9,11-13,16,25-36H2,1-8H3,(H,75,89)(H,76,83)(H3,73,74,91)/t38?,39-,42+,47-,50-,54-,59-,64+,67+,68-,72-/m0/s1. The molecule has 4 saturated heterocycles. The predicted molar refractivity (Wildman–Crippen MR) is 361 cm³/mol. The summed E-state index contributed by atoms with van der Waals surface area (Å²) in [5.74, 6) is -7.45. The number of phenolic OH excluding ortho intramolecular Hbond substituents is 2. The number of ketones is 4. The van der Waals surface area contributed by atoms with E-state index in [4.69, 9.17) is 43.6 Å². The van der Waals surface area contributed by atoms with E-state index in [-0.39, 0.29) is 128 Å². The summed E-state index contributed by atoms with van der Waals surface area (Å²) in [6.45, 7) is 6.63. The van der Waals surface area contributed by atoms with E-state index in [1.807, 2.05) is 0 Å². The molecule has 6 aliphatic rings. The van der Waals surface area contributed by atoms with Crippen LogP contribution in [0.1, 0.15) is 139 Å². The Morgan fingerprint density at radius 2 is 1.52 bits per heavy atom. The van der Waals surface area contributed by atoms with Gasteiger partial charge in [0.2, 0.25) is 35.2 Å². The number of imide groups is 1. The molecule has 4 fully saturated rings. The molecule has 8 N–H and O–H groups in total. The van der Waals surface area contributed by atoms with Gasteiger partial charge in [-0.2, -0.15) is 0 Å². The highest BCUT2D eigenvalue weighted by Gasteiger charge is 2.56. The number of ether oxygens (including phenoxy) is 8. The molecular formula is C72H88N8O22. The van der Waals surface area contributed by atoms with Crippen molar-refractivity contribution in [3.05, 3.63) is 111 Å². The quantitative estimate of drug-likeness (QED) is 0.0195. The zero-order valence-corrected chi connectivity index (χ0v) is 58.2. The number of hydrogen-bond donors (Lipinski definition) is 7. The van der Waals surface area contributed by atoms with E-state index in [2.05, 4.69) is 20.9 Å². The molecule has 0 aromatic heterocycles. The number of carbonyl (C=O) groups excluding carboxylic acids is 11. The van der Waals surface area contributed by atoms with Crippen LogP contribution >= 0.6 is 0 Å². The minimum absolute atomic E-state index is 0.0452. The fourth-order valence-corrected chi connectivity index (χ4v) is 14.0. The minimum Gasteiger partial charge on any atom is -0.507 e. The molecule has 0 saturated carbocycles. The van der Waals surface area contributed by atoms with Crippen molar-refractivity contribution in [1.29, 1.82) is 0 Å². The minimum atomic E-state index is -2.49. The van der Waals surface area contributed by atoms with Gasteiger partial charge in [-0.05, 0) is 80.0 Å². The predicted octanol–water partition coefficient (Wildman–Crippen LogP) is 5.08. The van der Waals surface area contributed by atoms with Gasteiger partial charge in [-0.15, -0.1) is 0 Å². The number of urea groups is 1. The first-order valence-electron chi connectivity index (χ1n) is 34.1. The zero-order valence-electron chi connectivity index (χ0n) is 58.2. The van der Waals surface area contributed by atoms with Gasteiger partial charge in [-0.3, -0.25) is 48.2 Å². The third-order valence-electron chi connectivity index (χ3n) is 19.6. The van der Waals surface area contributed by atoms with Gasteiger partial charge >= 0.3 is 18.2 Å². The van der Waals surface area contributed by atoms with Crippen LogP contribution in [0.15, 0.2) is 66.7 Å². The molecule has 11 atom stereocenters.